The lowest BCUT2D eigenvalue weighted by molar-refractivity contribution is -0.115. The maximum absolute atomic E-state index is 12.5. The summed E-state index contributed by atoms with van der Waals surface area (Å²) in [5.41, 5.74) is 0.876. The van der Waals surface area contributed by atoms with E-state index in [0.29, 0.717) is 28.3 Å². The van der Waals surface area contributed by atoms with E-state index in [1.54, 1.807) is 32.2 Å². The maximum Gasteiger partial charge on any atom is 0.238 e. The number of hydrogen-bond donors (Lipinski definition) is 1. The summed E-state index contributed by atoms with van der Waals surface area (Å²) in [6.07, 6.45) is 1.59. The van der Waals surface area contributed by atoms with Crippen molar-refractivity contribution in [1.29, 1.82) is 0 Å². The molecule has 1 unspecified atom stereocenters. The first-order chi connectivity index (χ1) is 13.6. The smallest absolute Gasteiger partial charge is 0.238 e. The van der Waals surface area contributed by atoms with Gasteiger partial charge >= 0.3 is 0 Å². The molecule has 1 amide bonds. The predicted octanol–water partition coefficient (Wildman–Crippen LogP) is 3.94. The molecule has 9 heteroatoms. The Kier molecular flexibility index (Phi) is 4.98. The van der Waals surface area contributed by atoms with E-state index in [0.717, 1.165) is 5.69 Å². The van der Waals surface area contributed by atoms with Gasteiger partial charge in [0.15, 0.2) is 16.7 Å². The number of hydrogen-bond acceptors (Lipinski definition) is 7. The molecule has 142 valence electrons. The van der Waals surface area contributed by atoms with E-state index in [1.807, 2.05) is 41.0 Å². The monoisotopic (exact) mass is 395 g/mol. The molecular weight excluding hydrogens is 378 g/mol. The summed E-state index contributed by atoms with van der Waals surface area (Å²) in [6, 6.07) is 15.0. The number of para-hydroxylation sites is 1. The summed E-state index contributed by atoms with van der Waals surface area (Å²) < 4.78 is 12.3. The Morgan fingerprint density at radius 1 is 1.18 bits per heavy atom. The fourth-order valence-electron chi connectivity index (χ4n) is 2.59. The molecule has 0 saturated carbocycles. The van der Waals surface area contributed by atoms with Gasteiger partial charge in [0, 0.05) is 11.8 Å². The van der Waals surface area contributed by atoms with Crippen LogP contribution < -0.4 is 5.32 Å². The summed E-state index contributed by atoms with van der Waals surface area (Å²) in [5, 5.41) is 15.2. The summed E-state index contributed by atoms with van der Waals surface area (Å²) in [6.45, 7) is 3.56. The first-order valence-electron chi connectivity index (χ1n) is 8.57. The summed E-state index contributed by atoms with van der Waals surface area (Å²) in [4.78, 5) is 12.5. The Bertz CT molecular complexity index is 1070. The van der Waals surface area contributed by atoms with Crippen molar-refractivity contribution in [3.8, 4) is 17.3 Å². The zero-order valence-electron chi connectivity index (χ0n) is 15.2. The van der Waals surface area contributed by atoms with Crippen LogP contribution >= 0.6 is 11.8 Å². The fraction of sp³-hybridized carbons (Fsp3) is 0.158. The van der Waals surface area contributed by atoms with Crippen molar-refractivity contribution in [2.75, 3.05) is 5.32 Å². The van der Waals surface area contributed by atoms with Crippen molar-refractivity contribution < 1.29 is 13.7 Å². The first kappa shape index (κ1) is 18.1. The number of carbonyl (C=O) groups excluding carboxylic acids is 1. The highest BCUT2D eigenvalue weighted by Gasteiger charge is 2.23. The molecule has 4 rings (SSSR count). The number of aromatic nitrogens is 4. The van der Waals surface area contributed by atoms with Crippen LogP contribution in [0.4, 0.5) is 5.82 Å². The summed E-state index contributed by atoms with van der Waals surface area (Å²) >= 11 is 1.29. The normalized spacial score (nSPS) is 12.1. The highest BCUT2D eigenvalue weighted by molar-refractivity contribution is 8.00. The van der Waals surface area contributed by atoms with Crippen molar-refractivity contribution >= 4 is 23.5 Å². The second-order valence-electron chi connectivity index (χ2n) is 6.03. The molecule has 0 fully saturated rings. The van der Waals surface area contributed by atoms with E-state index in [1.165, 1.54) is 11.8 Å². The molecule has 0 bridgehead atoms. The fourth-order valence-corrected chi connectivity index (χ4v) is 3.45. The third-order valence-electron chi connectivity index (χ3n) is 3.92. The van der Waals surface area contributed by atoms with Crippen molar-refractivity contribution in [2.45, 2.75) is 24.3 Å². The lowest BCUT2D eigenvalue weighted by Gasteiger charge is -2.12. The lowest BCUT2D eigenvalue weighted by Crippen LogP contribution is -2.23. The molecule has 3 aromatic heterocycles. The van der Waals surface area contributed by atoms with Gasteiger partial charge in [0.2, 0.25) is 11.7 Å². The Balaban J connectivity index is 1.61. The molecule has 8 nitrogen and oxygen atoms in total. The molecule has 1 aromatic carbocycles. The summed E-state index contributed by atoms with van der Waals surface area (Å²) in [7, 11) is 0. The minimum atomic E-state index is -0.437. The lowest BCUT2D eigenvalue weighted by atomic mass is 10.3. The number of rotatable bonds is 6. The van der Waals surface area contributed by atoms with Crippen LogP contribution in [0.3, 0.4) is 0 Å². The largest absolute Gasteiger partial charge is 0.461 e. The van der Waals surface area contributed by atoms with Gasteiger partial charge in [-0.25, -0.2) is 0 Å². The van der Waals surface area contributed by atoms with Crippen LogP contribution in [0.25, 0.3) is 17.3 Å². The van der Waals surface area contributed by atoms with Gasteiger partial charge in [0.25, 0.3) is 0 Å². The highest BCUT2D eigenvalue weighted by Crippen LogP contribution is 2.30. The number of nitrogens with zero attached hydrogens (tertiary/aromatic N) is 4. The van der Waals surface area contributed by atoms with Crippen LogP contribution in [-0.4, -0.2) is 31.1 Å². The van der Waals surface area contributed by atoms with Crippen LogP contribution in [0.1, 0.15) is 12.7 Å². The van der Waals surface area contributed by atoms with Gasteiger partial charge < -0.3 is 14.3 Å². The zero-order valence-corrected chi connectivity index (χ0v) is 16.0. The van der Waals surface area contributed by atoms with Gasteiger partial charge in [-0.1, -0.05) is 35.1 Å². The third kappa shape index (κ3) is 3.70. The SMILES string of the molecule is Cc1cc(NC(=O)C(C)Sc2nnc(-c3ccco3)n2-c2ccccc2)no1. The Morgan fingerprint density at radius 2 is 2.00 bits per heavy atom. The number of anilines is 1. The molecule has 0 radical (unpaired) electrons. The minimum absolute atomic E-state index is 0.208. The van der Waals surface area contributed by atoms with Crippen LogP contribution in [0.2, 0.25) is 0 Å². The van der Waals surface area contributed by atoms with E-state index >= 15 is 0 Å². The topological polar surface area (TPSA) is 99.0 Å². The maximum atomic E-state index is 12.5. The van der Waals surface area contributed by atoms with Crippen molar-refractivity contribution in [3.63, 3.8) is 0 Å². The standard InChI is InChI=1S/C19H17N5O3S/c1-12-11-16(23-27-12)20-18(25)13(2)28-19-22-21-17(15-9-6-10-26-15)24(19)14-7-4-3-5-8-14/h3-11,13H,1-2H3,(H,20,23,25). The molecule has 0 aliphatic rings. The molecule has 1 atom stereocenters. The van der Waals surface area contributed by atoms with Crippen LogP contribution in [0.15, 0.2) is 68.9 Å². The molecule has 0 saturated heterocycles. The highest BCUT2D eigenvalue weighted by atomic mass is 32.2. The number of nitrogens with one attached hydrogen (secondary N) is 1. The zero-order chi connectivity index (χ0) is 19.5. The predicted molar refractivity (Wildman–Crippen MR) is 104 cm³/mol. The van der Waals surface area contributed by atoms with E-state index < -0.39 is 5.25 Å². The van der Waals surface area contributed by atoms with E-state index in [-0.39, 0.29) is 5.91 Å². The number of furan rings is 1. The number of thioether (sulfide) groups is 1. The van der Waals surface area contributed by atoms with Crippen molar-refractivity contribution in [1.82, 2.24) is 19.9 Å². The van der Waals surface area contributed by atoms with Crippen molar-refractivity contribution in [2.24, 2.45) is 0 Å². The Hall–Kier alpha value is -3.33. The molecular formula is C19H17N5O3S. The molecule has 28 heavy (non-hydrogen) atoms. The van der Waals surface area contributed by atoms with E-state index in [9.17, 15) is 4.79 Å². The second kappa shape index (κ2) is 7.73. The van der Waals surface area contributed by atoms with Crippen LogP contribution in [0, 0.1) is 6.92 Å². The number of benzene rings is 1. The van der Waals surface area contributed by atoms with E-state index in [2.05, 4.69) is 20.7 Å². The van der Waals surface area contributed by atoms with Gasteiger partial charge in [0.05, 0.1) is 11.5 Å². The quantitative estimate of drug-likeness (QED) is 0.494. The van der Waals surface area contributed by atoms with Gasteiger partial charge in [0.1, 0.15) is 5.76 Å². The average Bonchev–Trinajstić information content (AvgIpc) is 3.43. The molecule has 1 N–H and O–H groups in total. The molecule has 0 spiro atoms. The average molecular weight is 395 g/mol. The summed E-state index contributed by atoms with van der Waals surface area (Å²) in [5.74, 6) is 1.97. The first-order valence-corrected chi connectivity index (χ1v) is 9.45. The number of carbonyl (C=O) groups is 1. The Morgan fingerprint density at radius 3 is 2.68 bits per heavy atom. The van der Waals surface area contributed by atoms with Crippen LogP contribution in [0.5, 0.6) is 0 Å². The molecule has 3 heterocycles. The second-order valence-corrected chi connectivity index (χ2v) is 7.33. The minimum Gasteiger partial charge on any atom is -0.461 e. The third-order valence-corrected chi connectivity index (χ3v) is 4.96. The molecule has 0 aliphatic carbocycles. The van der Waals surface area contributed by atoms with Crippen molar-refractivity contribution in [3.05, 3.63) is 60.6 Å². The van der Waals surface area contributed by atoms with Gasteiger partial charge in [-0.2, -0.15) is 0 Å². The molecule has 0 aliphatic heterocycles. The van der Waals surface area contributed by atoms with Gasteiger partial charge in [-0.05, 0) is 38.1 Å². The van der Waals surface area contributed by atoms with Gasteiger partial charge in [-0.3, -0.25) is 9.36 Å². The van der Waals surface area contributed by atoms with Gasteiger partial charge in [-0.15, -0.1) is 10.2 Å². The number of amides is 1. The Labute approximate surface area is 164 Å². The number of aryl methyl sites for hydroxylation is 1. The van der Waals surface area contributed by atoms with Crippen LogP contribution in [-0.2, 0) is 4.79 Å². The molecule has 4 aromatic rings. The van der Waals surface area contributed by atoms with E-state index in [4.69, 9.17) is 8.94 Å².